The minimum absolute atomic E-state index is 0.197. The van der Waals surface area contributed by atoms with Crippen LogP contribution in [0.1, 0.15) is 26.7 Å². The van der Waals surface area contributed by atoms with Crippen molar-refractivity contribution in [2.24, 2.45) is 0 Å². The molecule has 0 aliphatic carbocycles. The summed E-state index contributed by atoms with van der Waals surface area (Å²) in [6.07, 6.45) is -4.20. The van der Waals surface area contributed by atoms with Crippen molar-refractivity contribution in [2.45, 2.75) is 51.2 Å². The van der Waals surface area contributed by atoms with E-state index in [0.717, 1.165) is 26.4 Å². The summed E-state index contributed by atoms with van der Waals surface area (Å²) in [7, 11) is 0. The van der Waals surface area contributed by atoms with Crippen LogP contribution in [0, 0.1) is 0 Å². The highest BCUT2D eigenvalue weighted by Gasteiger charge is 2.37. The maximum absolute atomic E-state index is 12.2. The summed E-state index contributed by atoms with van der Waals surface area (Å²) >= 11 is 0. The lowest BCUT2D eigenvalue weighted by Crippen LogP contribution is -2.38. The maximum Gasteiger partial charge on any atom is 0.414 e. The largest absolute Gasteiger partial charge is 0.414 e. The minimum Gasteiger partial charge on any atom is -0.377 e. The zero-order valence-corrected chi connectivity index (χ0v) is 10.2. The van der Waals surface area contributed by atoms with Crippen LogP contribution in [0.2, 0.25) is 0 Å². The van der Waals surface area contributed by atoms with Crippen molar-refractivity contribution in [3.63, 3.8) is 0 Å². The van der Waals surface area contributed by atoms with Gasteiger partial charge in [-0.15, -0.1) is 0 Å². The van der Waals surface area contributed by atoms with Gasteiger partial charge >= 0.3 is 6.18 Å². The van der Waals surface area contributed by atoms with E-state index >= 15 is 0 Å². The van der Waals surface area contributed by atoms with Gasteiger partial charge in [0.2, 0.25) is 0 Å². The smallest absolute Gasteiger partial charge is 0.377 e. The predicted molar refractivity (Wildman–Crippen MR) is 57.9 cm³/mol. The Bertz CT molecular complexity index is 217. The topological polar surface area (TPSA) is 30.5 Å². The van der Waals surface area contributed by atoms with Gasteiger partial charge in [-0.3, -0.25) is 0 Å². The molecule has 1 fully saturated rings. The van der Waals surface area contributed by atoms with Crippen LogP contribution in [-0.4, -0.2) is 44.2 Å². The quantitative estimate of drug-likeness (QED) is 0.788. The summed E-state index contributed by atoms with van der Waals surface area (Å²) in [4.78, 5) is 0. The number of halogens is 3. The predicted octanol–water partition coefficient (Wildman–Crippen LogP) is 2.11. The first-order valence-corrected chi connectivity index (χ1v) is 5.94. The molecule has 0 spiro atoms. The number of rotatable bonds is 6. The first-order valence-electron chi connectivity index (χ1n) is 5.94. The average Bonchev–Trinajstić information content (AvgIpc) is 2.69. The van der Waals surface area contributed by atoms with Crippen LogP contribution < -0.4 is 5.32 Å². The number of hydrogen-bond acceptors (Lipinski definition) is 3. The van der Waals surface area contributed by atoms with Crippen molar-refractivity contribution in [3.05, 3.63) is 0 Å². The fourth-order valence-electron chi connectivity index (χ4n) is 1.73. The Morgan fingerprint density at radius 1 is 1.41 bits per heavy atom. The molecule has 0 aromatic heterocycles. The fourth-order valence-corrected chi connectivity index (χ4v) is 1.73. The lowest BCUT2D eigenvalue weighted by atomic mass is 10.2. The molecule has 1 heterocycles. The second-order valence-corrected chi connectivity index (χ2v) is 4.42. The Kier molecular flexibility index (Phi) is 5.69. The number of alkyl halides is 3. The summed E-state index contributed by atoms with van der Waals surface area (Å²) in [6.45, 7) is 4.51. The molecule has 3 atom stereocenters. The van der Waals surface area contributed by atoms with Gasteiger partial charge in [-0.1, -0.05) is 0 Å². The van der Waals surface area contributed by atoms with Crippen molar-refractivity contribution in [2.75, 3.05) is 19.7 Å². The van der Waals surface area contributed by atoms with Gasteiger partial charge in [-0.2, -0.15) is 13.2 Å². The lowest BCUT2D eigenvalue weighted by molar-refractivity contribution is -0.224. The van der Waals surface area contributed by atoms with Crippen LogP contribution in [0.3, 0.4) is 0 Å². The second kappa shape index (κ2) is 6.56. The van der Waals surface area contributed by atoms with Gasteiger partial charge in [-0.05, 0) is 26.7 Å². The van der Waals surface area contributed by atoms with Crippen LogP contribution >= 0.6 is 0 Å². The molecule has 1 N–H and O–H groups in total. The number of hydrogen-bond donors (Lipinski definition) is 1. The zero-order chi connectivity index (χ0) is 12.9. The molecule has 0 saturated carbocycles. The molecule has 1 rings (SSSR count). The highest BCUT2D eigenvalue weighted by molar-refractivity contribution is 4.69. The minimum atomic E-state index is -4.29. The summed E-state index contributed by atoms with van der Waals surface area (Å²) in [5, 5.41) is 3.07. The first kappa shape index (κ1) is 14.7. The highest BCUT2D eigenvalue weighted by atomic mass is 19.4. The van der Waals surface area contributed by atoms with Gasteiger partial charge in [0.15, 0.2) is 6.10 Å². The van der Waals surface area contributed by atoms with E-state index in [1.165, 1.54) is 0 Å². The SMILES string of the molecule is CC(CNCC1CCCO1)OC(C)C(F)(F)F. The molecule has 0 bridgehead atoms. The molecule has 0 amide bonds. The van der Waals surface area contributed by atoms with E-state index in [1.54, 1.807) is 6.92 Å². The van der Waals surface area contributed by atoms with Gasteiger partial charge in [0.25, 0.3) is 0 Å². The van der Waals surface area contributed by atoms with E-state index in [9.17, 15) is 13.2 Å². The Morgan fingerprint density at radius 2 is 2.12 bits per heavy atom. The van der Waals surface area contributed by atoms with Gasteiger partial charge < -0.3 is 14.8 Å². The molecule has 0 aromatic rings. The third kappa shape index (κ3) is 5.70. The zero-order valence-electron chi connectivity index (χ0n) is 10.2. The molecule has 17 heavy (non-hydrogen) atoms. The van der Waals surface area contributed by atoms with Crippen molar-refractivity contribution in [1.82, 2.24) is 5.32 Å². The van der Waals surface area contributed by atoms with Crippen molar-refractivity contribution >= 4 is 0 Å². The van der Waals surface area contributed by atoms with Gasteiger partial charge in [0.05, 0.1) is 12.2 Å². The Labute approximate surface area is 99.7 Å². The maximum atomic E-state index is 12.2. The first-order chi connectivity index (χ1) is 7.89. The van der Waals surface area contributed by atoms with E-state index in [0.29, 0.717) is 13.1 Å². The monoisotopic (exact) mass is 255 g/mol. The second-order valence-electron chi connectivity index (χ2n) is 4.42. The average molecular weight is 255 g/mol. The van der Waals surface area contributed by atoms with E-state index < -0.39 is 18.4 Å². The molecule has 1 aliphatic heterocycles. The fraction of sp³-hybridized carbons (Fsp3) is 1.00. The third-order valence-corrected chi connectivity index (χ3v) is 2.73. The molecule has 102 valence electrons. The summed E-state index contributed by atoms with van der Waals surface area (Å²) in [5.41, 5.74) is 0. The molecule has 3 unspecified atom stereocenters. The molecule has 0 aromatic carbocycles. The van der Waals surface area contributed by atoms with E-state index in [4.69, 9.17) is 9.47 Å². The Morgan fingerprint density at radius 3 is 2.65 bits per heavy atom. The van der Waals surface area contributed by atoms with E-state index in [1.807, 2.05) is 0 Å². The molecule has 3 nitrogen and oxygen atoms in total. The Hall–Kier alpha value is -0.330. The molecule has 1 aliphatic rings. The summed E-state index contributed by atoms with van der Waals surface area (Å²) in [5.74, 6) is 0. The summed E-state index contributed by atoms with van der Waals surface area (Å²) < 4.78 is 46.9. The van der Waals surface area contributed by atoms with Crippen LogP contribution in [0.4, 0.5) is 13.2 Å². The Balaban J connectivity index is 2.10. The van der Waals surface area contributed by atoms with E-state index in [-0.39, 0.29) is 6.10 Å². The van der Waals surface area contributed by atoms with Gasteiger partial charge in [0.1, 0.15) is 0 Å². The molecule has 1 saturated heterocycles. The van der Waals surface area contributed by atoms with Gasteiger partial charge in [-0.25, -0.2) is 0 Å². The molecular weight excluding hydrogens is 235 g/mol. The number of ether oxygens (including phenoxy) is 2. The van der Waals surface area contributed by atoms with Crippen LogP contribution in [0.15, 0.2) is 0 Å². The normalized spacial score (nSPS) is 24.9. The van der Waals surface area contributed by atoms with E-state index in [2.05, 4.69) is 5.32 Å². The van der Waals surface area contributed by atoms with Crippen molar-refractivity contribution in [3.8, 4) is 0 Å². The lowest BCUT2D eigenvalue weighted by Gasteiger charge is -2.22. The highest BCUT2D eigenvalue weighted by Crippen LogP contribution is 2.23. The summed E-state index contributed by atoms with van der Waals surface area (Å²) in [6, 6.07) is 0. The molecule has 6 heteroatoms. The molecule has 0 radical (unpaired) electrons. The third-order valence-electron chi connectivity index (χ3n) is 2.73. The van der Waals surface area contributed by atoms with Crippen molar-refractivity contribution in [1.29, 1.82) is 0 Å². The van der Waals surface area contributed by atoms with Crippen molar-refractivity contribution < 1.29 is 22.6 Å². The van der Waals surface area contributed by atoms with Gasteiger partial charge in [0, 0.05) is 19.7 Å². The van der Waals surface area contributed by atoms with Crippen LogP contribution in [0.25, 0.3) is 0 Å². The standard InChI is InChI=1S/C11H20F3NO2/c1-8(17-9(2)11(12,13)14)6-15-7-10-4-3-5-16-10/h8-10,15H,3-7H2,1-2H3. The van der Waals surface area contributed by atoms with Crippen LogP contribution in [0.5, 0.6) is 0 Å². The molecular formula is C11H20F3NO2. The van der Waals surface area contributed by atoms with Crippen LogP contribution in [-0.2, 0) is 9.47 Å². The number of nitrogens with one attached hydrogen (secondary N) is 1.